The van der Waals surface area contributed by atoms with Crippen LogP contribution in [0.25, 0.3) is 22.3 Å². The fourth-order valence-corrected chi connectivity index (χ4v) is 5.72. The molecule has 2 aromatic carbocycles. The van der Waals surface area contributed by atoms with E-state index in [1.807, 2.05) is 54.6 Å². The zero-order valence-electron chi connectivity index (χ0n) is 20.7. The summed E-state index contributed by atoms with van der Waals surface area (Å²) in [5.74, 6) is 2.05. The second-order valence-corrected chi connectivity index (χ2v) is 10.0. The van der Waals surface area contributed by atoms with Crippen molar-refractivity contribution in [1.29, 1.82) is 0 Å². The van der Waals surface area contributed by atoms with E-state index in [1.54, 1.807) is 6.33 Å². The van der Waals surface area contributed by atoms with Gasteiger partial charge in [-0.1, -0.05) is 18.2 Å². The van der Waals surface area contributed by atoms with Crippen molar-refractivity contribution in [2.75, 3.05) is 25.4 Å². The lowest BCUT2D eigenvalue weighted by molar-refractivity contribution is 0.105. The van der Waals surface area contributed by atoms with E-state index < -0.39 is 0 Å². The molecule has 1 saturated carbocycles. The van der Waals surface area contributed by atoms with Crippen LogP contribution in [0.2, 0.25) is 0 Å². The summed E-state index contributed by atoms with van der Waals surface area (Å²) in [7, 11) is 0. The topological polar surface area (TPSA) is 94.1 Å². The largest absolute Gasteiger partial charge is 0.457 e. The summed E-state index contributed by atoms with van der Waals surface area (Å²) in [5, 5.41) is 9.46. The van der Waals surface area contributed by atoms with E-state index in [0.717, 1.165) is 66.3 Å². The number of anilines is 1. The molecule has 1 aliphatic carbocycles. The average Bonchev–Trinajstić information content (AvgIpc) is 3.31. The standard InChI is InChI=1S/C28H33N7O/c1-19-17-34(16-15-30-19)21-9-11-22(12-10-21)35-28-25(27(29)31-18-32-28)26(33-35)20-7-13-24(14-8-20)36-23-5-3-2-4-6-23/h2-8,13-14,18-19,21-22,30H,9-12,15-17H2,1H3,(H2,29,31,32). The van der Waals surface area contributed by atoms with Gasteiger partial charge < -0.3 is 15.8 Å². The van der Waals surface area contributed by atoms with Crippen LogP contribution in [-0.4, -0.2) is 56.4 Å². The average molecular weight is 484 g/mol. The van der Waals surface area contributed by atoms with Crippen molar-refractivity contribution in [3.63, 3.8) is 0 Å². The minimum absolute atomic E-state index is 0.313. The molecule has 2 aromatic heterocycles. The van der Waals surface area contributed by atoms with Crippen LogP contribution in [0.3, 0.4) is 0 Å². The molecule has 1 atom stereocenters. The molecule has 1 saturated heterocycles. The fraction of sp³-hybridized carbons (Fsp3) is 0.393. The van der Waals surface area contributed by atoms with E-state index in [4.69, 9.17) is 15.6 Å². The number of nitrogens with two attached hydrogens (primary N) is 1. The monoisotopic (exact) mass is 483 g/mol. The molecule has 36 heavy (non-hydrogen) atoms. The van der Waals surface area contributed by atoms with Crippen LogP contribution in [0.4, 0.5) is 5.82 Å². The van der Waals surface area contributed by atoms with E-state index in [9.17, 15) is 0 Å². The van der Waals surface area contributed by atoms with Gasteiger partial charge in [0.2, 0.25) is 0 Å². The molecule has 2 aliphatic rings. The number of nitrogens with zero attached hydrogens (tertiary/aromatic N) is 5. The molecule has 8 heteroatoms. The molecule has 1 aliphatic heterocycles. The summed E-state index contributed by atoms with van der Waals surface area (Å²) in [6.45, 7) is 5.64. The summed E-state index contributed by atoms with van der Waals surface area (Å²) in [6, 6.07) is 19.3. The van der Waals surface area contributed by atoms with Crippen molar-refractivity contribution < 1.29 is 4.74 Å². The molecule has 8 nitrogen and oxygen atoms in total. The Labute approximate surface area is 211 Å². The number of hydrogen-bond donors (Lipinski definition) is 2. The molecule has 0 bridgehead atoms. The van der Waals surface area contributed by atoms with E-state index >= 15 is 0 Å². The van der Waals surface area contributed by atoms with Gasteiger partial charge in [-0.15, -0.1) is 0 Å². The van der Waals surface area contributed by atoms with Crippen molar-refractivity contribution in [3.8, 4) is 22.8 Å². The predicted molar refractivity (Wildman–Crippen MR) is 142 cm³/mol. The normalized spacial score (nSPS) is 23.1. The van der Waals surface area contributed by atoms with Crippen LogP contribution in [-0.2, 0) is 0 Å². The molecule has 1 unspecified atom stereocenters. The van der Waals surface area contributed by atoms with Crippen LogP contribution < -0.4 is 15.8 Å². The molecule has 186 valence electrons. The Kier molecular flexibility index (Phi) is 6.29. The zero-order chi connectivity index (χ0) is 24.5. The van der Waals surface area contributed by atoms with Gasteiger partial charge in [-0.25, -0.2) is 14.6 Å². The van der Waals surface area contributed by atoms with Crippen molar-refractivity contribution in [3.05, 3.63) is 60.9 Å². The lowest BCUT2D eigenvalue weighted by Crippen LogP contribution is -2.53. The Bertz CT molecular complexity index is 1310. The molecule has 3 N–H and O–H groups in total. The lowest BCUT2D eigenvalue weighted by atomic mass is 9.89. The Morgan fingerprint density at radius 1 is 0.917 bits per heavy atom. The maximum absolute atomic E-state index is 6.36. The van der Waals surface area contributed by atoms with Crippen molar-refractivity contribution in [1.82, 2.24) is 30.0 Å². The number of rotatable bonds is 5. The first-order valence-electron chi connectivity index (χ1n) is 12.9. The number of fused-ring (bicyclic) bond motifs is 1. The molecule has 2 fully saturated rings. The number of ether oxygens (including phenoxy) is 1. The number of para-hydroxylation sites is 1. The third kappa shape index (κ3) is 4.54. The molecule has 3 heterocycles. The number of benzene rings is 2. The minimum atomic E-state index is 0.313. The molecule has 6 rings (SSSR count). The van der Waals surface area contributed by atoms with Crippen LogP contribution in [0.1, 0.15) is 38.6 Å². The van der Waals surface area contributed by atoms with Crippen molar-refractivity contribution >= 4 is 16.9 Å². The SMILES string of the molecule is CC1CN(C2CCC(n3nc(-c4ccc(Oc5ccccc5)cc4)c4c(N)ncnc43)CC2)CCN1. The molecular weight excluding hydrogens is 450 g/mol. The minimum Gasteiger partial charge on any atom is -0.457 e. The summed E-state index contributed by atoms with van der Waals surface area (Å²) < 4.78 is 8.07. The number of nitrogen functional groups attached to an aromatic ring is 1. The third-order valence-corrected chi connectivity index (χ3v) is 7.55. The van der Waals surface area contributed by atoms with Gasteiger partial charge in [-0.05, 0) is 69.0 Å². The third-order valence-electron chi connectivity index (χ3n) is 7.55. The first kappa shape index (κ1) is 22.9. The van der Waals surface area contributed by atoms with Crippen LogP contribution in [0, 0.1) is 0 Å². The van der Waals surface area contributed by atoms with Gasteiger partial charge in [-0.2, -0.15) is 5.10 Å². The van der Waals surface area contributed by atoms with Gasteiger partial charge in [0.15, 0.2) is 5.65 Å². The highest BCUT2D eigenvalue weighted by Gasteiger charge is 2.31. The highest BCUT2D eigenvalue weighted by molar-refractivity contribution is 5.98. The van der Waals surface area contributed by atoms with Gasteiger partial charge >= 0.3 is 0 Å². The molecule has 0 spiro atoms. The van der Waals surface area contributed by atoms with Gasteiger partial charge in [0.1, 0.15) is 29.3 Å². The van der Waals surface area contributed by atoms with Gasteiger partial charge in [0.05, 0.1) is 11.4 Å². The molecule has 0 amide bonds. The Hall–Kier alpha value is -3.49. The van der Waals surface area contributed by atoms with Gasteiger partial charge in [0.25, 0.3) is 0 Å². The number of aromatic nitrogens is 4. The highest BCUT2D eigenvalue weighted by Crippen LogP contribution is 2.37. The lowest BCUT2D eigenvalue weighted by Gasteiger charge is -2.41. The first-order chi connectivity index (χ1) is 17.7. The predicted octanol–water partition coefficient (Wildman–Crippen LogP) is 4.65. The van der Waals surface area contributed by atoms with Crippen molar-refractivity contribution in [2.45, 2.75) is 50.7 Å². The zero-order valence-corrected chi connectivity index (χ0v) is 20.7. The Morgan fingerprint density at radius 2 is 1.64 bits per heavy atom. The van der Waals surface area contributed by atoms with Crippen LogP contribution >= 0.6 is 0 Å². The molecular formula is C28H33N7O. The maximum atomic E-state index is 6.36. The smallest absolute Gasteiger partial charge is 0.164 e. The van der Waals surface area contributed by atoms with E-state index in [0.29, 0.717) is 23.9 Å². The number of piperazine rings is 1. The summed E-state index contributed by atoms with van der Waals surface area (Å²) >= 11 is 0. The van der Waals surface area contributed by atoms with Gasteiger partial charge in [-0.3, -0.25) is 4.90 Å². The van der Waals surface area contributed by atoms with Crippen molar-refractivity contribution in [2.24, 2.45) is 0 Å². The van der Waals surface area contributed by atoms with E-state index in [-0.39, 0.29) is 0 Å². The quantitative estimate of drug-likeness (QED) is 0.427. The Balaban J connectivity index is 1.25. The summed E-state index contributed by atoms with van der Waals surface area (Å²) in [6.07, 6.45) is 6.09. The van der Waals surface area contributed by atoms with Crippen LogP contribution in [0.5, 0.6) is 11.5 Å². The second-order valence-electron chi connectivity index (χ2n) is 10.0. The summed E-state index contributed by atoms with van der Waals surface area (Å²) in [5.41, 5.74) is 8.98. The van der Waals surface area contributed by atoms with E-state index in [1.165, 1.54) is 12.8 Å². The Morgan fingerprint density at radius 3 is 2.39 bits per heavy atom. The number of nitrogens with one attached hydrogen (secondary N) is 1. The number of hydrogen-bond acceptors (Lipinski definition) is 7. The maximum Gasteiger partial charge on any atom is 0.164 e. The summed E-state index contributed by atoms with van der Waals surface area (Å²) in [4.78, 5) is 11.6. The fourth-order valence-electron chi connectivity index (χ4n) is 5.72. The van der Waals surface area contributed by atoms with Crippen LogP contribution in [0.15, 0.2) is 60.9 Å². The van der Waals surface area contributed by atoms with E-state index in [2.05, 4.69) is 31.8 Å². The van der Waals surface area contributed by atoms with Gasteiger partial charge in [0, 0.05) is 37.3 Å². The molecule has 4 aromatic rings. The molecule has 0 radical (unpaired) electrons. The second kappa shape index (κ2) is 9.87. The highest BCUT2D eigenvalue weighted by atomic mass is 16.5. The first-order valence-corrected chi connectivity index (χ1v) is 12.9.